The van der Waals surface area contributed by atoms with Gasteiger partial charge < -0.3 is 9.84 Å². The van der Waals surface area contributed by atoms with Crippen LogP contribution in [0.5, 0.6) is 5.75 Å². The molecular formula is C18H19Cl2NO2. The lowest BCUT2D eigenvalue weighted by atomic mass is 9.87. The molecule has 3 nitrogen and oxygen atoms in total. The van der Waals surface area contributed by atoms with Crippen molar-refractivity contribution in [3.63, 3.8) is 0 Å². The summed E-state index contributed by atoms with van der Waals surface area (Å²) in [4.78, 5) is 4.07. The molecule has 5 heteroatoms. The van der Waals surface area contributed by atoms with Crippen molar-refractivity contribution in [3.05, 3.63) is 64.1 Å². The number of halogens is 2. The van der Waals surface area contributed by atoms with E-state index in [-0.39, 0.29) is 0 Å². The average Bonchev–Trinajstić information content (AvgIpc) is 2.48. The van der Waals surface area contributed by atoms with Gasteiger partial charge in [-0.2, -0.15) is 0 Å². The van der Waals surface area contributed by atoms with E-state index in [1.54, 1.807) is 36.7 Å². The van der Waals surface area contributed by atoms with Crippen molar-refractivity contribution in [2.24, 2.45) is 5.41 Å². The molecule has 0 bridgehead atoms. The maximum Gasteiger partial charge on any atom is 0.145 e. The molecule has 0 radical (unpaired) electrons. The molecule has 0 amide bonds. The van der Waals surface area contributed by atoms with Gasteiger partial charge in [0, 0.05) is 17.4 Å². The molecule has 0 spiro atoms. The number of nitrogens with zero attached hydrogens (tertiary/aromatic N) is 1. The third-order valence-electron chi connectivity index (χ3n) is 3.20. The highest BCUT2D eigenvalue weighted by molar-refractivity contribution is 6.35. The van der Waals surface area contributed by atoms with Crippen LogP contribution in [-0.4, -0.2) is 16.2 Å². The highest BCUT2D eigenvalue weighted by Gasteiger charge is 2.28. The van der Waals surface area contributed by atoms with E-state index >= 15 is 0 Å². The first-order chi connectivity index (χ1) is 10.8. The molecule has 1 heterocycles. The topological polar surface area (TPSA) is 42.4 Å². The fourth-order valence-corrected chi connectivity index (χ4v) is 2.35. The second-order valence-electron chi connectivity index (χ2n) is 6.28. The summed E-state index contributed by atoms with van der Waals surface area (Å²) < 4.78 is 5.89. The van der Waals surface area contributed by atoms with Gasteiger partial charge in [0.25, 0.3) is 0 Å². The first-order valence-corrected chi connectivity index (χ1v) is 7.95. The van der Waals surface area contributed by atoms with Crippen LogP contribution in [0.4, 0.5) is 0 Å². The lowest BCUT2D eigenvalue weighted by molar-refractivity contribution is 0.0641. The fourth-order valence-electron chi connectivity index (χ4n) is 1.90. The van der Waals surface area contributed by atoms with Gasteiger partial charge in [-0.1, -0.05) is 50.0 Å². The van der Waals surface area contributed by atoms with Gasteiger partial charge in [0.2, 0.25) is 0 Å². The third kappa shape index (κ3) is 4.96. The summed E-state index contributed by atoms with van der Waals surface area (Å²) in [6.07, 6.45) is 4.33. The van der Waals surface area contributed by atoms with Gasteiger partial charge in [0.15, 0.2) is 0 Å². The molecule has 0 aliphatic carbocycles. The molecule has 1 N–H and O–H groups in total. The van der Waals surface area contributed by atoms with Crippen LogP contribution in [0.3, 0.4) is 0 Å². The summed E-state index contributed by atoms with van der Waals surface area (Å²) in [5.74, 6) is 0.837. The Balaban J connectivity index is 2.39. The molecule has 2 aromatic rings. The molecule has 0 aliphatic rings. The number of aliphatic hydroxyl groups excluding tert-OH is 1. The minimum atomic E-state index is -0.811. The predicted molar refractivity (Wildman–Crippen MR) is 94.8 cm³/mol. The van der Waals surface area contributed by atoms with Gasteiger partial charge in [-0.05, 0) is 41.3 Å². The molecule has 2 rings (SSSR count). The Morgan fingerprint density at radius 2 is 2.00 bits per heavy atom. The Labute approximate surface area is 146 Å². The van der Waals surface area contributed by atoms with Gasteiger partial charge in [-0.3, -0.25) is 4.98 Å². The van der Waals surface area contributed by atoms with Crippen LogP contribution < -0.4 is 4.74 Å². The van der Waals surface area contributed by atoms with E-state index in [0.29, 0.717) is 21.6 Å². The van der Waals surface area contributed by atoms with Crippen LogP contribution in [0, 0.1) is 5.41 Å². The monoisotopic (exact) mass is 351 g/mol. The van der Waals surface area contributed by atoms with Crippen LogP contribution in [0.1, 0.15) is 26.3 Å². The maximum atomic E-state index is 10.6. The molecule has 0 saturated carbocycles. The molecule has 1 atom stereocenters. The second kappa shape index (κ2) is 7.35. The van der Waals surface area contributed by atoms with Crippen molar-refractivity contribution < 1.29 is 9.84 Å². The number of aliphatic hydroxyl groups is 1. The van der Waals surface area contributed by atoms with Crippen molar-refractivity contribution in [2.45, 2.75) is 26.9 Å². The summed E-state index contributed by atoms with van der Waals surface area (Å²) in [6.45, 7) is 5.80. The molecule has 23 heavy (non-hydrogen) atoms. The van der Waals surface area contributed by atoms with Gasteiger partial charge in [0.05, 0.1) is 5.02 Å². The zero-order valence-corrected chi connectivity index (χ0v) is 14.8. The first kappa shape index (κ1) is 17.8. The van der Waals surface area contributed by atoms with E-state index in [1.807, 2.05) is 32.9 Å². The smallest absolute Gasteiger partial charge is 0.145 e. The zero-order valence-electron chi connectivity index (χ0n) is 13.3. The normalized spacial score (nSPS) is 13.7. The van der Waals surface area contributed by atoms with E-state index in [4.69, 9.17) is 27.9 Å². The van der Waals surface area contributed by atoms with E-state index in [1.165, 1.54) is 0 Å². The maximum absolute atomic E-state index is 10.6. The van der Waals surface area contributed by atoms with Crippen molar-refractivity contribution in [1.29, 1.82) is 0 Å². The highest BCUT2D eigenvalue weighted by Crippen LogP contribution is 2.33. The average molecular weight is 352 g/mol. The summed E-state index contributed by atoms with van der Waals surface area (Å²) in [5, 5.41) is 11.5. The SMILES string of the molecule is CC(C)(C)C(O)C(=Cc1cccnc1)Oc1ccc(Cl)cc1Cl. The zero-order chi connectivity index (χ0) is 17.0. The van der Waals surface area contributed by atoms with E-state index in [2.05, 4.69) is 4.98 Å². The van der Waals surface area contributed by atoms with E-state index < -0.39 is 11.5 Å². The van der Waals surface area contributed by atoms with Gasteiger partial charge in [0.1, 0.15) is 17.6 Å². The molecule has 0 fully saturated rings. The number of aromatic nitrogens is 1. The summed E-state index contributed by atoms with van der Waals surface area (Å²) in [5.41, 5.74) is 0.434. The molecule has 0 aliphatic heterocycles. The first-order valence-electron chi connectivity index (χ1n) is 7.20. The third-order valence-corrected chi connectivity index (χ3v) is 3.74. The molecule has 0 saturated heterocycles. The molecule has 1 unspecified atom stereocenters. The Bertz CT molecular complexity index is 694. The Morgan fingerprint density at radius 3 is 2.57 bits per heavy atom. The number of ether oxygens (including phenoxy) is 1. The Hall–Kier alpha value is -1.55. The van der Waals surface area contributed by atoms with Gasteiger partial charge in [-0.15, -0.1) is 0 Å². The second-order valence-corrected chi connectivity index (χ2v) is 7.12. The Morgan fingerprint density at radius 1 is 1.26 bits per heavy atom. The summed E-state index contributed by atoms with van der Waals surface area (Å²) >= 11 is 12.1. The van der Waals surface area contributed by atoms with Crippen molar-refractivity contribution in [1.82, 2.24) is 4.98 Å². The minimum Gasteiger partial charge on any atom is -0.457 e. The van der Waals surface area contributed by atoms with Gasteiger partial charge >= 0.3 is 0 Å². The Kier molecular flexibility index (Phi) is 5.69. The van der Waals surface area contributed by atoms with Crippen LogP contribution in [0.15, 0.2) is 48.5 Å². The minimum absolute atomic E-state index is 0.385. The predicted octanol–water partition coefficient (Wildman–Crippen LogP) is 5.22. The lowest BCUT2D eigenvalue weighted by Gasteiger charge is -2.28. The van der Waals surface area contributed by atoms with E-state index in [9.17, 15) is 5.11 Å². The highest BCUT2D eigenvalue weighted by atomic mass is 35.5. The number of hydrogen-bond donors (Lipinski definition) is 1. The number of pyridine rings is 1. The molecule has 1 aromatic heterocycles. The molecule has 122 valence electrons. The van der Waals surface area contributed by atoms with Crippen LogP contribution in [0.2, 0.25) is 10.0 Å². The fraction of sp³-hybridized carbons (Fsp3) is 0.278. The number of rotatable bonds is 4. The molecular weight excluding hydrogens is 333 g/mol. The van der Waals surface area contributed by atoms with Crippen LogP contribution >= 0.6 is 23.2 Å². The van der Waals surface area contributed by atoms with Crippen LogP contribution in [-0.2, 0) is 0 Å². The van der Waals surface area contributed by atoms with Gasteiger partial charge in [-0.25, -0.2) is 0 Å². The standard InChI is InChI=1S/C18H19Cl2NO2/c1-18(2,3)17(22)16(9-12-5-4-8-21-11-12)23-15-7-6-13(19)10-14(15)20/h4-11,17,22H,1-3H3. The summed E-state index contributed by atoms with van der Waals surface area (Å²) in [6, 6.07) is 8.67. The van der Waals surface area contributed by atoms with Crippen LogP contribution in [0.25, 0.3) is 6.08 Å². The quantitative estimate of drug-likeness (QED) is 0.768. The largest absolute Gasteiger partial charge is 0.457 e. The van der Waals surface area contributed by atoms with Crippen molar-refractivity contribution in [3.8, 4) is 5.75 Å². The number of hydrogen-bond acceptors (Lipinski definition) is 3. The lowest BCUT2D eigenvalue weighted by Crippen LogP contribution is -2.30. The van der Waals surface area contributed by atoms with Crippen molar-refractivity contribution in [2.75, 3.05) is 0 Å². The van der Waals surface area contributed by atoms with Crippen molar-refractivity contribution >= 4 is 29.3 Å². The number of benzene rings is 1. The molecule has 1 aromatic carbocycles. The van der Waals surface area contributed by atoms with E-state index in [0.717, 1.165) is 5.56 Å². The summed E-state index contributed by atoms with van der Waals surface area (Å²) in [7, 11) is 0.